The normalized spacial score (nSPS) is 25.5. The van der Waals surface area contributed by atoms with Crippen molar-refractivity contribution in [3.05, 3.63) is 65.2 Å². The summed E-state index contributed by atoms with van der Waals surface area (Å²) in [5.74, 6) is -2.60. The lowest BCUT2D eigenvalue weighted by molar-refractivity contribution is -0.141. The number of carbonyl (C=O) groups is 5. The van der Waals surface area contributed by atoms with Gasteiger partial charge in [-0.1, -0.05) is 56.4 Å². The van der Waals surface area contributed by atoms with E-state index in [1.807, 2.05) is 30.3 Å². The number of amides is 5. The van der Waals surface area contributed by atoms with Gasteiger partial charge in [0.2, 0.25) is 11.8 Å². The molecule has 4 aliphatic rings. The highest BCUT2D eigenvalue weighted by Gasteiger charge is 2.62. The zero-order valence-corrected chi connectivity index (χ0v) is 32.7. The van der Waals surface area contributed by atoms with Gasteiger partial charge in [-0.15, -0.1) is 0 Å². The van der Waals surface area contributed by atoms with Crippen molar-refractivity contribution < 1.29 is 41.9 Å². The second-order valence-electron chi connectivity index (χ2n) is 16.0. The Morgan fingerprint density at radius 2 is 1.59 bits per heavy atom. The van der Waals surface area contributed by atoms with Crippen molar-refractivity contribution in [2.75, 3.05) is 11.3 Å². The van der Waals surface area contributed by atoms with Crippen molar-refractivity contribution in [2.45, 2.75) is 121 Å². The molecule has 0 bridgehead atoms. The molecule has 2 aromatic carbocycles. The maximum atomic E-state index is 14.4. The number of benzene rings is 2. The molecule has 1 saturated carbocycles. The summed E-state index contributed by atoms with van der Waals surface area (Å²) in [6.45, 7) is 5.65. The standard InChI is InChI=1S/C39H49N7O9S/c1-38(2,3)55-36(50)41-31-14-8-6-4-5-7-13-28-20-39(28,35(49)44-56(52,53)43-29-17-15-25(21-40)16-18-29)42-33(47)32-19-30(24-46(32)34(31)48)54-37(51)45-22-26-11-9-10-12-27(26)23-45/h9-12,15-18,28,30-32,43H,4-8,13-14,19-20,22-24H2,1-3H3,(H,41,50)(H,42,47)(H,44,49)/t28-,30-,31+,32+,39-/m1/s1. The first-order valence-electron chi connectivity index (χ1n) is 19.1. The number of rotatable bonds is 6. The van der Waals surface area contributed by atoms with E-state index >= 15 is 0 Å². The van der Waals surface area contributed by atoms with Gasteiger partial charge >= 0.3 is 22.4 Å². The van der Waals surface area contributed by atoms with Crippen LogP contribution in [-0.2, 0) is 47.2 Å². The second kappa shape index (κ2) is 16.4. The smallest absolute Gasteiger partial charge is 0.410 e. The van der Waals surface area contributed by atoms with E-state index in [0.29, 0.717) is 31.5 Å². The SMILES string of the molecule is CC(C)(C)OC(=O)N[C@H]1CCCCCCC[C@@H]2C[C@@]2(C(=O)NS(=O)(=O)Nc2ccc(C#N)cc2)NC(=O)[C@@H]2C[C@@H](OC(=O)N3Cc4ccccc4C3)CN2C1=O. The Morgan fingerprint density at radius 1 is 0.946 bits per heavy atom. The summed E-state index contributed by atoms with van der Waals surface area (Å²) in [5, 5.41) is 14.6. The molecule has 1 aliphatic carbocycles. The number of carbonyl (C=O) groups excluding carboxylic acids is 5. The molecule has 16 nitrogen and oxygen atoms in total. The van der Waals surface area contributed by atoms with Crippen molar-refractivity contribution in [3.63, 3.8) is 0 Å². The van der Waals surface area contributed by atoms with E-state index in [0.717, 1.165) is 36.8 Å². The average molecular weight is 792 g/mol. The predicted molar refractivity (Wildman–Crippen MR) is 202 cm³/mol. The summed E-state index contributed by atoms with van der Waals surface area (Å²) in [5.41, 5.74) is -0.00161. The van der Waals surface area contributed by atoms with Crippen LogP contribution >= 0.6 is 0 Å². The largest absolute Gasteiger partial charge is 0.444 e. The topological polar surface area (TPSA) is 216 Å². The number of hydrogen-bond acceptors (Lipinski definition) is 10. The molecular formula is C39H49N7O9S. The lowest BCUT2D eigenvalue weighted by Crippen LogP contribution is -2.58. The van der Waals surface area contributed by atoms with E-state index in [-0.39, 0.29) is 37.4 Å². The van der Waals surface area contributed by atoms with Crippen molar-refractivity contribution in [1.29, 1.82) is 5.26 Å². The molecule has 5 atom stereocenters. The van der Waals surface area contributed by atoms with Gasteiger partial charge in [0.25, 0.3) is 5.91 Å². The first-order valence-corrected chi connectivity index (χ1v) is 20.5. The number of hydrogen-bond donors (Lipinski definition) is 4. The molecule has 0 radical (unpaired) electrons. The van der Waals surface area contributed by atoms with Gasteiger partial charge in [-0.2, -0.15) is 13.7 Å². The third-order valence-corrected chi connectivity index (χ3v) is 11.6. The second-order valence-corrected chi connectivity index (χ2v) is 17.4. The Labute approximate surface area is 326 Å². The Morgan fingerprint density at radius 3 is 2.23 bits per heavy atom. The quantitative estimate of drug-likeness (QED) is 0.330. The highest BCUT2D eigenvalue weighted by atomic mass is 32.2. The van der Waals surface area contributed by atoms with Gasteiger partial charge in [-0.05, 0) is 81.3 Å². The summed E-state index contributed by atoms with van der Waals surface area (Å²) < 4.78 is 42.0. The van der Waals surface area contributed by atoms with Gasteiger partial charge in [-0.25, -0.2) is 14.3 Å². The molecule has 17 heteroatoms. The predicted octanol–water partition coefficient (Wildman–Crippen LogP) is 3.97. The fourth-order valence-electron chi connectivity index (χ4n) is 7.71. The maximum absolute atomic E-state index is 14.4. The molecule has 5 amide bonds. The van der Waals surface area contributed by atoms with Crippen molar-refractivity contribution in [3.8, 4) is 6.07 Å². The van der Waals surface area contributed by atoms with E-state index in [4.69, 9.17) is 14.7 Å². The summed E-state index contributed by atoms with van der Waals surface area (Å²) in [6, 6.07) is 12.9. The first-order chi connectivity index (χ1) is 26.6. The number of alkyl carbamates (subject to hydrolysis) is 1. The molecular weight excluding hydrogens is 743 g/mol. The van der Waals surface area contributed by atoms with Crippen LogP contribution in [0, 0.1) is 17.2 Å². The summed E-state index contributed by atoms with van der Waals surface area (Å²) >= 11 is 0. The highest BCUT2D eigenvalue weighted by molar-refractivity contribution is 7.91. The third-order valence-electron chi connectivity index (χ3n) is 10.6. The van der Waals surface area contributed by atoms with Gasteiger partial charge in [0.15, 0.2) is 0 Å². The van der Waals surface area contributed by atoms with Crippen LogP contribution in [0.1, 0.15) is 95.2 Å². The van der Waals surface area contributed by atoms with Crippen molar-refractivity contribution in [1.82, 2.24) is 25.2 Å². The van der Waals surface area contributed by atoms with Crippen LogP contribution in [-0.4, -0.2) is 84.0 Å². The fourth-order valence-corrected chi connectivity index (χ4v) is 8.63. The van der Waals surface area contributed by atoms with E-state index in [1.54, 1.807) is 20.8 Å². The monoisotopic (exact) mass is 791 g/mol. The number of ether oxygens (including phenoxy) is 2. The maximum Gasteiger partial charge on any atom is 0.410 e. The summed E-state index contributed by atoms with van der Waals surface area (Å²) in [6.07, 6.45) is 2.31. The molecule has 56 heavy (non-hydrogen) atoms. The lowest BCUT2D eigenvalue weighted by atomic mass is 10.0. The van der Waals surface area contributed by atoms with Crippen LogP contribution in [0.25, 0.3) is 0 Å². The van der Waals surface area contributed by atoms with Crippen molar-refractivity contribution in [2.24, 2.45) is 5.92 Å². The minimum absolute atomic E-state index is 0.0931. The van der Waals surface area contributed by atoms with E-state index in [1.165, 1.54) is 34.1 Å². The average Bonchev–Trinajstić information content (AvgIpc) is 3.43. The Bertz CT molecular complexity index is 1970. The van der Waals surface area contributed by atoms with E-state index < -0.39 is 69.4 Å². The number of nitriles is 1. The Kier molecular flexibility index (Phi) is 11.8. The third kappa shape index (κ3) is 9.70. The van der Waals surface area contributed by atoms with Gasteiger partial charge in [0.05, 0.1) is 23.9 Å². The van der Waals surface area contributed by atoms with Gasteiger partial charge in [0.1, 0.15) is 29.3 Å². The fraction of sp³-hybridized carbons (Fsp3) is 0.538. The van der Waals surface area contributed by atoms with Crippen LogP contribution < -0.4 is 20.1 Å². The highest BCUT2D eigenvalue weighted by Crippen LogP contribution is 2.48. The molecule has 300 valence electrons. The lowest BCUT2D eigenvalue weighted by Gasteiger charge is -2.30. The van der Waals surface area contributed by atoms with Gasteiger partial charge in [0, 0.05) is 19.5 Å². The number of nitrogens with zero attached hydrogens (tertiary/aromatic N) is 3. The van der Waals surface area contributed by atoms with Crippen LogP contribution in [0.4, 0.5) is 15.3 Å². The number of fused-ring (bicyclic) bond motifs is 3. The minimum atomic E-state index is -4.47. The van der Waals surface area contributed by atoms with Crippen LogP contribution in [0.5, 0.6) is 0 Å². The van der Waals surface area contributed by atoms with Gasteiger partial charge in [-0.3, -0.25) is 24.0 Å². The summed E-state index contributed by atoms with van der Waals surface area (Å²) in [7, 11) is -4.47. The van der Waals surface area contributed by atoms with E-state index in [2.05, 4.69) is 20.1 Å². The van der Waals surface area contributed by atoms with Gasteiger partial charge < -0.3 is 25.0 Å². The molecule has 3 aliphatic heterocycles. The van der Waals surface area contributed by atoms with Crippen molar-refractivity contribution >= 4 is 45.8 Å². The number of anilines is 1. The first kappa shape index (κ1) is 40.3. The molecule has 0 unspecified atom stereocenters. The van der Waals surface area contributed by atoms with Crippen LogP contribution in [0.2, 0.25) is 0 Å². The molecule has 3 heterocycles. The molecule has 3 fully saturated rings. The Balaban J connectivity index is 1.23. The molecule has 6 rings (SSSR count). The molecule has 0 spiro atoms. The van der Waals surface area contributed by atoms with Crippen LogP contribution in [0.15, 0.2) is 48.5 Å². The van der Waals surface area contributed by atoms with E-state index in [9.17, 15) is 32.4 Å². The summed E-state index contributed by atoms with van der Waals surface area (Å²) in [4.78, 5) is 71.8. The molecule has 2 saturated heterocycles. The Hall–Kier alpha value is -5.37. The minimum Gasteiger partial charge on any atom is -0.444 e. The zero-order chi connectivity index (χ0) is 40.3. The molecule has 2 aromatic rings. The van der Waals surface area contributed by atoms with Crippen LogP contribution in [0.3, 0.4) is 0 Å². The molecule has 0 aromatic heterocycles. The zero-order valence-electron chi connectivity index (χ0n) is 31.8. The molecule has 4 N–H and O–H groups in total. The number of nitrogens with one attached hydrogen (secondary N) is 4.